The molecule has 41 heavy (non-hydrogen) atoms. The minimum Gasteiger partial charge on any atom is -0.352 e. The number of rotatable bonds is 10. The van der Waals surface area contributed by atoms with Crippen LogP contribution < -0.4 is 9.62 Å². The van der Waals surface area contributed by atoms with Gasteiger partial charge < -0.3 is 10.2 Å². The van der Waals surface area contributed by atoms with Crippen molar-refractivity contribution in [3.8, 4) is 0 Å². The lowest BCUT2D eigenvalue weighted by molar-refractivity contribution is -0.139. The molecule has 3 aromatic rings. The monoisotopic (exact) mass is 643 g/mol. The zero-order chi connectivity index (χ0) is 29.6. The number of hydrogen-bond donors (Lipinski definition) is 1. The van der Waals surface area contributed by atoms with Gasteiger partial charge in [0.05, 0.1) is 10.6 Å². The molecule has 0 heterocycles. The maximum atomic E-state index is 14.7. The maximum absolute atomic E-state index is 14.7. The van der Waals surface area contributed by atoms with E-state index in [0.717, 1.165) is 42.0 Å². The Hall–Kier alpha value is -3.24. The van der Waals surface area contributed by atoms with E-state index in [0.29, 0.717) is 4.47 Å². The van der Waals surface area contributed by atoms with Crippen LogP contribution in [0.1, 0.15) is 50.2 Å². The lowest BCUT2D eigenvalue weighted by atomic mass is 9.95. The third kappa shape index (κ3) is 7.74. The number of carbonyl (C=O) groups excluding carboxylic acids is 2. The highest BCUT2D eigenvalue weighted by atomic mass is 79.9. The van der Waals surface area contributed by atoms with Crippen molar-refractivity contribution in [2.45, 2.75) is 69.5 Å². The standard InChI is InChI=1S/C31H35BrFN3O4S/c1-22-15-17-28(18-16-22)41(39,40)36(27-13-8-10-25(32)19-27)21-30(37)35(20-24-9-6-7-14-29(24)33)23(2)31(38)34-26-11-4-3-5-12-26/h6-10,13-19,23,26H,3-5,11-12,20-21H2,1-2H3,(H,34,38)/t23-/m1/s1. The fourth-order valence-corrected chi connectivity index (χ4v) is 6.75. The van der Waals surface area contributed by atoms with Crippen LogP contribution >= 0.6 is 15.9 Å². The van der Waals surface area contributed by atoms with Gasteiger partial charge in [-0.05, 0) is 63.1 Å². The molecule has 218 valence electrons. The van der Waals surface area contributed by atoms with Gasteiger partial charge >= 0.3 is 0 Å². The zero-order valence-corrected chi connectivity index (χ0v) is 25.6. The van der Waals surface area contributed by atoms with Crippen molar-refractivity contribution in [3.05, 3.63) is 94.2 Å². The summed E-state index contributed by atoms with van der Waals surface area (Å²) in [5.74, 6) is -1.49. The molecule has 0 aromatic heterocycles. The number of aryl methyl sites for hydroxylation is 1. The summed E-state index contributed by atoms with van der Waals surface area (Å²) in [4.78, 5) is 28.6. The van der Waals surface area contributed by atoms with Crippen LogP contribution in [0.4, 0.5) is 10.1 Å². The van der Waals surface area contributed by atoms with Crippen LogP contribution in [-0.4, -0.2) is 43.8 Å². The number of carbonyl (C=O) groups is 2. The van der Waals surface area contributed by atoms with Gasteiger partial charge in [0.2, 0.25) is 11.8 Å². The van der Waals surface area contributed by atoms with Crippen LogP contribution in [0.5, 0.6) is 0 Å². The van der Waals surface area contributed by atoms with Gasteiger partial charge in [-0.2, -0.15) is 0 Å². The van der Waals surface area contributed by atoms with E-state index in [1.807, 2.05) is 6.92 Å². The molecule has 1 aliphatic carbocycles. The Bertz CT molecular complexity index is 1480. The molecule has 1 atom stereocenters. The highest BCUT2D eigenvalue weighted by Gasteiger charge is 2.33. The second kappa shape index (κ2) is 13.6. The SMILES string of the molecule is Cc1ccc(S(=O)(=O)N(CC(=O)N(Cc2ccccc2F)[C@H](C)C(=O)NC2CCCCC2)c2cccc(Br)c2)cc1. The van der Waals surface area contributed by atoms with E-state index in [9.17, 15) is 22.4 Å². The Kier molecular flexibility index (Phi) is 10.2. The Balaban J connectivity index is 1.68. The van der Waals surface area contributed by atoms with E-state index >= 15 is 0 Å². The lowest BCUT2D eigenvalue weighted by Crippen LogP contribution is -2.53. The predicted molar refractivity (Wildman–Crippen MR) is 161 cm³/mol. The van der Waals surface area contributed by atoms with Gasteiger partial charge in [-0.1, -0.05) is 77.2 Å². The first kappa shape index (κ1) is 30.7. The van der Waals surface area contributed by atoms with Gasteiger partial charge in [-0.15, -0.1) is 0 Å². The molecule has 0 unspecified atom stereocenters. The van der Waals surface area contributed by atoms with Crippen LogP contribution in [0.15, 0.2) is 82.2 Å². The van der Waals surface area contributed by atoms with E-state index in [1.54, 1.807) is 61.5 Å². The molecule has 2 amide bonds. The summed E-state index contributed by atoms with van der Waals surface area (Å²) in [5, 5.41) is 3.04. The predicted octanol–water partition coefficient (Wildman–Crippen LogP) is 5.96. The average Bonchev–Trinajstić information content (AvgIpc) is 2.95. The van der Waals surface area contributed by atoms with Gasteiger partial charge in [-0.25, -0.2) is 12.8 Å². The Morgan fingerprint density at radius 2 is 1.68 bits per heavy atom. The first-order valence-corrected chi connectivity index (χ1v) is 16.0. The molecule has 0 aliphatic heterocycles. The van der Waals surface area contributed by atoms with Gasteiger partial charge in [0.15, 0.2) is 0 Å². The Morgan fingerprint density at radius 3 is 2.34 bits per heavy atom. The molecular weight excluding hydrogens is 609 g/mol. The molecule has 0 saturated heterocycles. The summed E-state index contributed by atoms with van der Waals surface area (Å²) < 4.78 is 44.2. The summed E-state index contributed by atoms with van der Waals surface area (Å²) in [6, 6.07) is 18.1. The first-order valence-electron chi connectivity index (χ1n) is 13.7. The molecule has 4 rings (SSSR count). The van der Waals surface area contributed by atoms with Crippen molar-refractivity contribution in [3.63, 3.8) is 0 Å². The summed E-state index contributed by atoms with van der Waals surface area (Å²) in [6.07, 6.45) is 4.91. The van der Waals surface area contributed by atoms with Crippen LogP contribution in [0, 0.1) is 12.7 Å². The average molecular weight is 645 g/mol. The fourth-order valence-electron chi connectivity index (χ4n) is 4.96. The number of anilines is 1. The maximum Gasteiger partial charge on any atom is 0.264 e. The molecule has 7 nitrogen and oxygen atoms in total. The number of halogens is 2. The number of benzene rings is 3. The molecule has 0 radical (unpaired) electrons. The number of amides is 2. The highest BCUT2D eigenvalue weighted by Crippen LogP contribution is 2.27. The minimum atomic E-state index is -4.18. The number of nitrogens with zero attached hydrogens (tertiary/aromatic N) is 2. The normalized spacial score (nSPS) is 14.7. The third-order valence-corrected chi connectivity index (χ3v) is 9.68. The van der Waals surface area contributed by atoms with Crippen molar-refractivity contribution >= 4 is 43.5 Å². The van der Waals surface area contributed by atoms with Crippen molar-refractivity contribution in [2.24, 2.45) is 0 Å². The quantitative estimate of drug-likeness (QED) is 0.295. The van der Waals surface area contributed by atoms with Gasteiger partial charge in [-0.3, -0.25) is 13.9 Å². The highest BCUT2D eigenvalue weighted by molar-refractivity contribution is 9.10. The van der Waals surface area contributed by atoms with Gasteiger partial charge in [0.25, 0.3) is 10.0 Å². The summed E-state index contributed by atoms with van der Waals surface area (Å²) in [7, 11) is -4.18. The third-order valence-electron chi connectivity index (χ3n) is 7.40. The van der Waals surface area contributed by atoms with E-state index in [1.165, 1.54) is 23.1 Å². The van der Waals surface area contributed by atoms with E-state index < -0.39 is 34.3 Å². The smallest absolute Gasteiger partial charge is 0.264 e. The van der Waals surface area contributed by atoms with Gasteiger partial charge in [0.1, 0.15) is 18.4 Å². The largest absolute Gasteiger partial charge is 0.352 e. The van der Waals surface area contributed by atoms with Crippen LogP contribution in [0.3, 0.4) is 0 Å². The van der Waals surface area contributed by atoms with Crippen molar-refractivity contribution in [1.82, 2.24) is 10.2 Å². The molecule has 1 N–H and O–H groups in total. The van der Waals surface area contributed by atoms with Crippen LogP contribution in [-0.2, 0) is 26.2 Å². The second-order valence-corrected chi connectivity index (χ2v) is 13.2. The van der Waals surface area contributed by atoms with Crippen LogP contribution in [0.2, 0.25) is 0 Å². The molecule has 0 spiro atoms. The number of hydrogen-bond acceptors (Lipinski definition) is 4. The Morgan fingerprint density at radius 1 is 1.00 bits per heavy atom. The van der Waals surface area contributed by atoms with Gasteiger partial charge in [0, 0.05) is 22.6 Å². The summed E-state index contributed by atoms with van der Waals surface area (Å²) >= 11 is 3.39. The zero-order valence-electron chi connectivity index (χ0n) is 23.2. The van der Waals surface area contributed by atoms with Crippen LogP contribution in [0.25, 0.3) is 0 Å². The van der Waals surface area contributed by atoms with E-state index in [-0.39, 0.29) is 34.6 Å². The summed E-state index contributed by atoms with van der Waals surface area (Å²) in [5.41, 5.74) is 1.40. The molecular formula is C31H35BrFN3O4S. The molecule has 0 bridgehead atoms. The van der Waals surface area contributed by atoms with E-state index in [2.05, 4.69) is 21.2 Å². The minimum absolute atomic E-state index is 0.0178. The van der Waals surface area contributed by atoms with Crippen molar-refractivity contribution in [1.29, 1.82) is 0 Å². The summed E-state index contributed by atoms with van der Waals surface area (Å²) in [6.45, 7) is 2.67. The second-order valence-electron chi connectivity index (χ2n) is 10.4. The van der Waals surface area contributed by atoms with E-state index in [4.69, 9.17) is 0 Å². The molecule has 10 heteroatoms. The number of nitrogens with one attached hydrogen (secondary N) is 1. The van der Waals surface area contributed by atoms with Crippen molar-refractivity contribution < 1.29 is 22.4 Å². The topological polar surface area (TPSA) is 86.8 Å². The fraction of sp³-hybridized carbons (Fsp3) is 0.355. The molecule has 1 saturated carbocycles. The Labute approximate surface area is 249 Å². The molecule has 1 aliphatic rings. The first-order chi connectivity index (χ1) is 19.6. The number of sulfonamides is 1. The molecule has 3 aromatic carbocycles. The lowest BCUT2D eigenvalue weighted by Gasteiger charge is -2.33. The molecule has 1 fully saturated rings. The van der Waals surface area contributed by atoms with Crippen molar-refractivity contribution in [2.75, 3.05) is 10.8 Å².